The number of pyridine rings is 1. The summed E-state index contributed by atoms with van der Waals surface area (Å²) >= 11 is 0. The maximum Gasteiger partial charge on any atom is 0.274 e. The van der Waals surface area contributed by atoms with E-state index in [0.29, 0.717) is 49.8 Å². The van der Waals surface area contributed by atoms with Gasteiger partial charge in [-0.15, -0.1) is 0 Å². The largest absolute Gasteiger partial charge is 0.379 e. The first-order valence-corrected chi connectivity index (χ1v) is 11.6. The van der Waals surface area contributed by atoms with Crippen molar-refractivity contribution in [3.8, 4) is 0 Å². The molecule has 186 valence electrons. The number of alkyl halides is 1. The van der Waals surface area contributed by atoms with Gasteiger partial charge in [0, 0.05) is 33.0 Å². The zero-order valence-electron chi connectivity index (χ0n) is 19.5. The summed E-state index contributed by atoms with van der Waals surface area (Å²) < 4.78 is 27.8. The number of carbonyl (C=O) groups excluding carboxylic acids is 1. The number of fused-ring (bicyclic) bond motifs is 1. The summed E-state index contributed by atoms with van der Waals surface area (Å²) in [5, 5.41) is 13.1. The summed E-state index contributed by atoms with van der Waals surface area (Å²) in [5.41, 5.74) is 0.610. The zero-order chi connectivity index (χ0) is 24.5. The molecular formula is C23H28FN7O4. The summed E-state index contributed by atoms with van der Waals surface area (Å²) in [6, 6.07) is 4.50. The molecule has 0 radical (unpaired) electrons. The molecule has 2 unspecified atom stereocenters. The number of hydrogen-bond acceptors (Lipinski definition) is 8. The van der Waals surface area contributed by atoms with Gasteiger partial charge >= 0.3 is 0 Å². The number of anilines is 3. The average molecular weight is 486 g/mol. The van der Waals surface area contributed by atoms with Gasteiger partial charge in [0.1, 0.15) is 35.2 Å². The number of rotatable bonds is 7. The van der Waals surface area contributed by atoms with Gasteiger partial charge in [-0.05, 0) is 31.4 Å². The van der Waals surface area contributed by atoms with E-state index in [-0.39, 0.29) is 28.9 Å². The van der Waals surface area contributed by atoms with Gasteiger partial charge in [0.05, 0.1) is 24.9 Å². The van der Waals surface area contributed by atoms with Gasteiger partial charge in [0.2, 0.25) is 0 Å². The first-order chi connectivity index (χ1) is 17.0. The standard InChI is InChI=1S/C23H28FN7O4/c1-25-20-10-19(29-21-13(11-26-31(20)21)22(32)28-15-6-5-14(15)24)27-16-4-3-8-30(23(16)33)17-7-9-35-12-18(17)34-2/h3-4,8,10-11,14-15,17-18,25H,5-7,9,12H2,1-2H3,(H,27,29)(H,28,32)/t14?,15?,17-,18+/m1/s1. The van der Waals surface area contributed by atoms with Crippen LogP contribution in [-0.2, 0) is 9.47 Å². The molecule has 1 aliphatic heterocycles. The number of methoxy groups -OCH3 is 1. The minimum Gasteiger partial charge on any atom is -0.379 e. The second-order valence-corrected chi connectivity index (χ2v) is 8.71. The monoisotopic (exact) mass is 485 g/mol. The molecule has 0 aromatic carbocycles. The van der Waals surface area contributed by atoms with Gasteiger partial charge in [-0.3, -0.25) is 9.59 Å². The molecule has 3 aromatic heterocycles. The van der Waals surface area contributed by atoms with Crippen LogP contribution in [0.4, 0.5) is 21.7 Å². The summed E-state index contributed by atoms with van der Waals surface area (Å²) in [7, 11) is 3.32. The predicted octanol–water partition coefficient (Wildman–Crippen LogP) is 1.88. The van der Waals surface area contributed by atoms with E-state index in [4.69, 9.17) is 9.47 Å². The van der Waals surface area contributed by atoms with E-state index in [1.807, 2.05) is 0 Å². The van der Waals surface area contributed by atoms with E-state index in [1.165, 1.54) is 10.7 Å². The Bertz CT molecular complexity index is 1290. The third-order valence-corrected chi connectivity index (χ3v) is 6.65. The minimum atomic E-state index is -1.03. The highest BCUT2D eigenvalue weighted by molar-refractivity contribution is 6.00. The van der Waals surface area contributed by atoms with Gasteiger partial charge in [0.15, 0.2) is 5.65 Å². The molecule has 0 bridgehead atoms. The van der Waals surface area contributed by atoms with Crippen LogP contribution in [0.3, 0.4) is 0 Å². The Morgan fingerprint density at radius 3 is 2.89 bits per heavy atom. The molecule has 12 heteroatoms. The highest BCUT2D eigenvalue weighted by Crippen LogP contribution is 2.26. The smallest absolute Gasteiger partial charge is 0.274 e. The van der Waals surface area contributed by atoms with Crippen molar-refractivity contribution in [2.75, 3.05) is 38.0 Å². The molecule has 5 rings (SSSR count). The van der Waals surface area contributed by atoms with E-state index in [2.05, 4.69) is 26.0 Å². The fourth-order valence-electron chi connectivity index (χ4n) is 4.48. The summed E-state index contributed by atoms with van der Waals surface area (Å²) in [5.74, 6) is 0.475. The molecule has 11 nitrogen and oxygen atoms in total. The molecule has 1 amide bonds. The molecule has 0 spiro atoms. The van der Waals surface area contributed by atoms with Crippen molar-refractivity contribution in [1.29, 1.82) is 0 Å². The van der Waals surface area contributed by atoms with Gasteiger partial charge < -0.3 is 30.0 Å². The highest BCUT2D eigenvalue weighted by atomic mass is 19.1. The Morgan fingerprint density at radius 2 is 2.17 bits per heavy atom. The fourth-order valence-corrected chi connectivity index (χ4v) is 4.48. The van der Waals surface area contributed by atoms with Crippen molar-refractivity contribution in [3.05, 3.63) is 46.5 Å². The van der Waals surface area contributed by atoms with Crippen LogP contribution in [0.25, 0.3) is 5.65 Å². The van der Waals surface area contributed by atoms with Crippen LogP contribution in [0.2, 0.25) is 0 Å². The topological polar surface area (TPSA) is 124 Å². The number of aromatic nitrogens is 4. The summed E-state index contributed by atoms with van der Waals surface area (Å²) in [4.78, 5) is 30.6. The van der Waals surface area contributed by atoms with Crippen molar-refractivity contribution in [1.82, 2.24) is 24.5 Å². The minimum absolute atomic E-state index is 0.151. The highest BCUT2D eigenvalue weighted by Gasteiger charge is 2.33. The van der Waals surface area contributed by atoms with E-state index in [9.17, 15) is 14.0 Å². The Labute approximate surface area is 200 Å². The van der Waals surface area contributed by atoms with Gasteiger partial charge in [0.25, 0.3) is 11.5 Å². The Balaban J connectivity index is 1.46. The Morgan fingerprint density at radius 1 is 1.31 bits per heavy atom. The number of halogens is 1. The van der Waals surface area contributed by atoms with E-state index in [1.54, 1.807) is 43.1 Å². The number of nitrogens with one attached hydrogen (secondary N) is 3. The number of ether oxygens (including phenoxy) is 2. The first-order valence-electron chi connectivity index (χ1n) is 11.6. The molecule has 4 heterocycles. The molecule has 3 aromatic rings. The quantitative estimate of drug-likeness (QED) is 0.464. The lowest BCUT2D eigenvalue weighted by Gasteiger charge is -2.32. The average Bonchev–Trinajstić information content (AvgIpc) is 3.31. The van der Waals surface area contributed by atoms with Gasteiger partial charge in [-0.2, -0.15) is 9.61 Å². The third-order valence-electron chi connectivity index (χ3n) is 6.65. The number of carbonyl (C=O) groups is 1. The van der Waals surface area contributed by atoms with Crippen LogP contribution in [-0.4, -0.2) is 70.8 Å². The molecule has 2 aliphatic rings. The van der Waals surface area contributed by atoms with Gasteiger partial charge in [-0.25, -0.2) is 9.37 Å². The van der Waals surface area contributed by atoms with Crippen molar-refractivity contribution in [2.24, 2.45) is 0 Å². The number of nitrogens with zero attached hydrogens (tertiary/aromatic N) is 4. The first kappa shape index (κ1) is 23.2. The lowest BCUT2D eigenvalue weighted by atomic mass is 9.90. The van der Waals surface area contributed by atoms with Crippen LogP contribution < -0.4 is 21.5 Å². The van der Waals surface area contributed by atoms with Crippen LogP contribution in [0, 0.1) is 0 Å². The van der Waals surface area contributed by atoms with Crippen molar-refractivity contribution in [2.45, 2.75) is 43.6 Å². The lowest BCUT2D eigenvalue weighted by molar-refractivity contribution is -0.0609. The second-order valence-electron chi connectivity index (χ2n) is 8.71. The predicted molar refractivity (Wildman–Crippen MR) is 127 cm³/mol. The zero-order valence-corrected chi connectivity index (χ0v) is 19.5. The van der Waals surface area contributed by atoms with Crippen LogP contribution in [0.15, 0.2) is 35.4 Å². The van der Waals surface area contributed by atoms with Crippen molar-refractivity contribution >= 4 is 28.9 Å². The third kappa shape index (κ3) is 4.34. The summed E-state index contributed by atoms with van der Waals surface area (Å²) in [6.45, 7) is 0.972. The second kappa shape index (κ2) is 9.62. The van der Waals surface area contributed by atoms with Gasteiger partial charge in [-0.1, -0.05) is 0 Å². The number of hydrogen-bond donors (Lipinski definition) is 3. The lowest BCUT2D eigenvalue weighted by Crippen LogP contribution is -2.48. The SMILES string of the molecule is CNc1cc(Nc2cccn([C@@H]3CCOC[C@@H]3OC)c2=O)nc2c(C(=O)NC3CCC3F)cnn12. The molecule has 1 saturated carbocycles. The fraction of sp³-hybridized carbons (Fsp3) is 0.478. The molecule has 4 atom stereocenters. The molecular weight excluding hydrogens is 457 g/mol. The molecule has 1 aliphatic carbocycles. The maximum atomic E-state index is 13.7. The van der Waals surface area contributed by atoms with Crippen molar-refractivity contribution < 1.29 is 18.7 Å². The normalized spacial score (nSPS) is 24.1. The van der Waals surface area contributed by atoms with E-state index < -0.39 is 18.1 Å². The molecule has 1 saturated heterocycles. The molecule has 2 fully saturated rings. The van der Waals surface area contributed by atoms with Crippen LogP contribution >= 0.6 is 0 Å². The van der Waals surface area contributed by atoms with Crippen LogP contribution in [0.1, 0.15) is 35.7 Å². The number of amides is 1. The van der Waals surface area contributed by atoms with Crippen LogP contribution in [0.5, 0.6) is 0 Å². The van der Waals surface area contributed by atoms with Crippen molar-refractivity contribution in [3.63, 3.8) is 0 Å². The summed E-state index contributed by atoms with van der Waals surface area (Å²) in [6.07, 6.45) is 3.59. The van der Waals surface area contributed by atoms with E-state index >= 15 is 0 Å². The maximum absolute atomic E-state index is 13.7. The molecule has 35 heavy (non-hydrogen) atoms. The Hall–Kier alpha value is -3.51. The Kier molecular flexibility index (Phi) is 6.39. The molecule has 3 N–H and O–H groups in total. The van der Waals surface area contributed by atoms with E-state index in [0.717, 1.165) is 0 Å².